The maximum Gasteiger partial charge on any atom is 0.236 e. The quantitative estimate of drug-likeness (QED) is 0.556. The van der Waals surface area contributed by atoms with Crippen molar-refractivity contribution < 1.29 is 9.53 Å². The fraction of sp³-hybridized carbons (Fsp3) is 0.833. The van der Waals surface area contributed by atoms with Crippen molar-refractivity contribution in [2.75, 3.05) is 33.9 Å². The third kappa shape index (κ3) is 3.42. The molecule has 0 aromatic rings. The summed E-state index contributed by atoms with van der Waals surface area (Å²) in [4.78, 5) is 12.3. The molecule has 0 saturated carbocycles. The molecule has 0 aromatic heterocycles. The van der Waals surface area contributed by atoms with Crippen molar-refractivity contribution in [1.82, 2.24) is 4.90 Å². The standard InChI is InChI=1S/C6H14N2O2/c1-8(3-4-10-2)6(9)5-7/h3-5,7H2,1-2H3. The second-order valence-electron chi connectivity index (χ2n) is 2.01. The van der Waals surface area contributed by atoms with E-state index in [1.165, 1.54) is 0 Å². The van der Waals surface area contributed by atoms with Gasteiger partial charge in [0.25, 0.3) is 0 Å². The van der Waals surface area contributed by atoms with Crippen molar-refractivity contribution in [1.29, 1.82) is 0 Å². The van der Waals surface area contributed by atoms with Gasteiger partial charge in [0, 0.05) is 20.7 Å². The third-order valence-electron chi connectivity index (χ3n) is 1.23. The molecule has 0 bridgehead atoms. The van der Waals surface area contributed by atoms with Gasteiger partial charge in [0.05, 0.1) is 13.2 Å². The molecule has 0 aliphatic heterocycles. The molecule has 0 fully saturated rings. The molecule has 0 aromatic carbocycles. The third-order valence-corrected chi connectivity index (χ3v) is 1.23. The Kier molecular flexibility index (Phi) is 4.88. The summed E-state index contributed by atoms with van der Waals surface area (Å²) >= 11 is 0. The van der Waals surface area contributed by atoms with Crippen LogP contribution in [-0.2, 0) is 9.53 Å². The summed E-state index contributed by atoms with van der Waals surface area (Å²) in [6.45, 7) is 1.23. The molecule has 0 rings (SSSR count). The molecule has 2 N–H and O–H groups in total. The molecule has 0 heterocycles. The zero-order valence-electron chi connectivity index (χ0n) is 6.46. The molecule has 0 unspecified atom stereocenters. The highest BCUT2D eigenvalue weighted by molar-refractivity contribution is 5.77. The molecule has 4 nitrogen and oxygen atoms in total. The Hall–Kier alpha value is -0.610. The van der Waals surface area contributed by atoms with E-state index < -0.39 is 0 Å². The highest BCUT2D eigenvalue weighted by Crippen LogP contribution is 1.81. The molecule has 10 heavy (non-hydrogen) atoms. The lowest BCUT2D eigenvalue weighted by Gasteiger charge is -2.14. The molecular weight excluding hydrogens is 132 g/mol. The summed E-state index contributed by atoms with van der Waals surface area (Å²) in [5, 5.41) is 0. The van der Waals surface area contributed by atoms with Gasteiger partial charge in [-0.15, -0.1) is 0 Å². The van der Waals surface area contributed by atoms with Crippen molar-refractivity contribution in [3.05, 3.63) is 0 Å². The van der Waals surface area contributed by atoms with Crippen molar-refractivity contribution in [3.63, 3.8) is 0 Å². The van der Waals surface area contributed by atoms with E-state index in [9.17, 15) is 4.79 Å². The minimum atomic E-state index is -0.0583. The highest BCUT2D eigenvalue weighted by Gasteiger charge is 2.03. The molecule has 0 spiro atoms. The monoisotopic (exact) mass is 146 g/mol. The molecule has 4 heteroatoms. The van der Waals surface area contributed by atoms with Crippen LogP contribution in [0.15, 0.2) is 0 Å². The first-order valence-electron chi connectivity index (χ1n) is 3.15. The van der Waals surface area contributed by atoms with Crippen LogP contribution in [0.5, 0.6) is 0 Å². The van der Waals surface area contributed by atoms with Crippen LogP contribution in [0.2, 0.25) is 0 Å². The number of amides is 1. The summed E-state index contributed by atoms with van der Waals surface area (Å²) < 4.78 is 4.77. The molecule has 0 aliphatic carbocycles. The number of nitrogens with two attached hydrogens (primary N) is 1. The lowest BCUT2D eigenvalue weighted by molar-refractivity contribution is -0.128. The van der Waals surface area contributed by atoms with Crippen LogP contribution in [0.3, 0.4) is 0 Å². The van der Waals surface area contributed by atoms with E-state index in [-0.39, 0.29) is 12.5 Å². The van der Waals surface area contributed by atoms with Crippen LogP contribution < -0.4 is 5.73 Å². The SMILES string of the molecule is COCCN(C)C(=O)CN. The first kappa shape index (κ1) is 9.39. The van der Waals surface area contributed by atoms with Crippen LogP contribution in [0.25, 0.3) is 0 Å². The normalized spacial score (nSPS) is 9.50. The van der Waals surface area contributed by atoms with E-state index in [0.717, 1.165) is 0 Å². The van der Waals surface area contributed by atoms with E-state index in [2.05, 4.69) is 0 Å². The number of rotatable bonds is 4. The topological polar surface area (TPSA) is 55.6 Å². The number of hydrogen-bond acceptors (Lipinski definition) is 3. The number of carbonyl (C=O) groups is 1. The average molecular weight is 146 g/mol. The van der Waals surface area contributed by atoms with Gasteiger partial charge in [-0.25, -0.2) is 0 Å². The smallest absolute Gasteiger partial charge is 0.236 e. The van der Waals surface area contributed by atoms with Crippen molar-refractivity contribution >= 4 is 5.91 Å². The lowest BCUT2D eigenvalue weighted by Crippen LogP contribution is -2.34. The maximum absolute atomic E-state index is 10.8. The number of methoxy groups -OCH3 is 1. The zero-order valence-corrected chi connectivity index (χ0v) is 6.46. The first-order valence-corrected chi connectivity index (χ1v) is 3.15. The van der Waals surface area contributed by atoms with Gasteiger partial charge >= 0.3 is 0 Å². The number of carbonyl (C=O) groups excluding carboxylic acids is 1. The Balaban J connectivity index is 3.41. The predicted octanol–water partition coefficient (Wildman–Crippen LogP) is -0.950. The molecular formula is C6H14N2O2. The summed E-state index contributed by atoms with van der Waals surface area (Å²) in [5.74, 6) is -0.0583. The van der Waals surface area contributed by atoms with E-state index in [4.69, 9.17) is 10.5 Å². The van der Waals surface area contributed by atoms with Crippen LogP contribution in [-0.4, -0.2) is 44.7 Å². The van der Waals surface area contributed by atoms with E-state index >= 15 is 0 Å². The second kappa shape index (κ2) is 5.20. The van der Waals surface area contributed by atoms with E-state index in [0.29, 0.717) is 13.2 Å². The van der Waals surface area contributed by atoms with Crippen molar-refractivity contribution in [2.45, 2.75) is 0 Å². The summed E-state index contributed by atoms with van der Waals surface area (Å²) in [6.07, 6.45) is 0. The van der Waals surface area contributed by atoms with Gasteiger partial charge < -0.3 is 15.4 Å². The van der Waals surface area contributed by atoms with E-state index in [1.807, 2.05) is 0 Å². The predicted molar refractivity (Wildman–Crippen MR) is 38.6 cm³/mol. The summed E-state index contributed by atoms with van der Waals surface area (Å²) in [7, 11) is 3.30. The Labute approximate surface area is 60.9 Å². The largest absolute Gasteiger partial charge is 0.383 e. The first-order chi connectivity index (χ1) is 4.72. The fourth-order valence-electron chi connectivity index (χ4n) is 0.509. The lowest BCUT2D eigenvalue weighted by atomic mass is 10.5. The summed E-state index contributed by atoms with van der Waals surface area (Å²) in [5.41, 5.74) is 5.11. The van der Waals surface area contributed by atoms with Crippen molar-refractivity contribution in [2.24, 2.45) is 5.73 Å². The summed E-state index contributed by atoms with van der Waals surface area (Å²) in [6, 6.07) is 0. The van der Waals surface area contributed by atoms with Crippen LogP contribution in [0, 0.1) is 0 Å². The van der Waals surface area contributed by atoms with Gasteiger partial charge in [-0.3, -0.25) is 4.79 Å². The molecule has 0 aliphatic rings. The second-order valence-corrected chi connectivity index (χ2v) is 2.01. The molecule has 60 valence electrons. The number of hydrogen-bond donors (Lipinski definition) is 1. The maximum atomic E-state index is 10.8. The number of nitrogens with zero attached hydrogens (tertiary/aromatic N) is 1. The van der Waals surface area contributed by atoms with Gasteiger partial charge in [0.2, 0.25) is 5.91 Å². The average Bonchev–Trinajstić information content (AvgIpc) is 1.98. The number of likely N-dealkylation sites (N-methyl/N-ethyl adjacent to an activating group) is 1. The Morgan fingerprint density at radius 3 is 2.70 bits per heavy atom. The minimum Gasteiger partial charge on any atom is -0.383 e. The van der Waals surface area contributed by atoms with Crippen LogP contribution in [0.4, 0.5) is 0 Å². The Bertz CT molecular complexity index is 106. The fourth-order valence-corrected chi connectivity index (χ4v) is 0.509. The van der Waals surface area contributed by atoms with Gasteiger partial charge in [-0.05, 0) is 0 Å². The van der Waals surface area contributed by atoms with Gasteiger partial charge in [0.1, 0.15) is 0 Å². The molecule has 0 saturated heterocycles. The Morgan fingerprint density at radius 2 is 2.30 bits per heavy atom. The van der Waals surface area contributed by atoms with Crippen LogP contribution in [0.1, 0.15) is 0 Å². The van der Waals surface area contributed by atoms with Gasteiger partial charge in [-0.1, -0.05) is 0 Å². The molecule has 1 amide bonds. The molecule has 0 atom stereocenters. The zero-order chi connectivity index (χ0) is 7.98. The minimum absolute atomic E-state index is 0.0583. The van der Waals surface area contributed by atoms with Crippen molar-refractivity contribution in [3.8, 4) is 0 Å². The van der Waals surface area contributed by atoms with Gasteiger partial charge in [0.15, 0.2) is 0 Å². The van der Waals surface area contributed by atoms with E-state index in [1.54, 1.807) is 19.1 Å². The van der Waals surface area contributed by atoms with Crippen LogP contribution >= 0.6 is 0 Å². The Morgan fingerprint density at radius 1 is 1.70 bits per heavy atom. The number of ether oxygens (including phenoxy) is 1. The van der Waals surface area contributed by atoms with Gasteiger partial charge in [-0.2, -0.15) is 0 Å². The molecule has 0 radical (unpaired) electrons. The highest BCUT2D eigenvalue weighted by atomic mass is 16.5.